The third-order valence-corrected chi connectivity index (χ3v) is 8.28. The predicted octanol–water partition coefficient (Wildman–Crippen LogP) is 4.26. The number of H-pyrrole nitrogens is 1. The van der Waals surface area contributed by atoms with Crippen LogP contribution in [0.1, 0.15) is 28.8 Å². The predicted molar refractivity (Wildman–Crippen MR) is 174 cm³/mol. The Morgan fingerprint density at radius 3 is 2.33 bits per heavy atom. The normalized spacial score (nSPS) is 16.5. The van der Waals surface area contributed by atoms with Crippen LogP contribution in [0.2, 0.25) is 0 Å². The van der Waals surface area contributed by atoms with Crippen LogP contribution in [0, 0.1) is 5.82 Å². The van der Waals surface area contributed by atoms with Gasteiger partial charge in [-0.15, -0.1) is 0 Å². The molecule has 13 nitrogen and oxygen atoms in total. The second kappa shape index (κ2) is 17.1. The number of morpholine rings is 1. The van der Waals surface area contributed by atoms with Gasteiger partial charge in [-0.25, -0.2) is 19.2 Å². The van der Waals surface area contributed by atoms with Gasteiger partial charge in [-0.3, -0.25) is 9.59 Å². The average molecular weight is 748 g/mol. The second-order valence-electron chi connectivity index (χ2n) is 11.8. The highest BCUT2D eigenvalue weighted by molar-refractivity contribution is 6.07. The number of nitrogens with one attached hydrogen (secondary N) is 2. The molecule has 284 valence electrons. The molecule has 0 radical (unpaired) electrons. The Bertz CT molecular complexity index is 1750. The summed E-state index contributed by atoms with van der Waals surface area (Å²) in [5, 5.41) is 9.68. The van der Waals surface area contributed by atoms with E-state index < -0.39 is 46.7 Å². The summed E-state index contributed by atoms with van der Waals surface area (Å²) in [6.45, 7) is 4.75. The first-order valence-electron chi connectivity index (χ1n) is 15.8. The lowest BCUT2D eigenvalue weighted by molar-refractivity contribution is -0.192. The number of benzene rings is 1. The van der Waals surface area contributed by atoms with E-state index in [4.69, 9.17) is 19.4 Å². The number of rotatable bonds is 10. The van der Waals surface area contributed by atoms with E-state index in [0.717, 1.165) is 25.6 Å². The molecular formula is C32H36F7N7O6. The number of ether oxygens (including phenoxy) is 2. The maximum absolute atomic E-state index is 15.8. The zero-order chi connectivity index (χ0) is 38.2. The highest BCUT2D eigenvalue weighted by atomic mass is 19.4. The van der Waals surface area contributed by atoms with E-state index in [1.54, 1.807) is 7.11 Å². The van der Waals surface area contributed by atoms with Crippen molar-refractivity contribution in [2.24, 2.45) is 0 Å². The Labute approximate surface area is 292 Å². The summed E-state index contributed by atoms with van der Waals surface area (Å²) < 4.78 is 99.3. The quantitative estimate of drug-likeness (QED) is 0.202. The standard InChI is InChI=1S/C30H35F4N7O4.C2HF3O2/c1-39(5-3-9-44-2)20-4-6-41(18-20)26-14-24(31)21(19-15-36-29(37-16-19)40-7-10-45-11-8-40)12-25(26)38-28(43)22-17-35-27(42)13-23(22)30(32,33)34;3-2(4,5)1(6)7/h12-17,20H,3-11,18H2,1-2H3,(H,35,42)(H,38,43);(H,6,7). The van der Waals surface area contributed by atoms with E-state index in [2.05, 4.69) is 25.2 Å². The second-order valence-corrected chi connectivity index (χ2v) is 11.8. The van der Waals surface area contributed by atoms with Gasteiger partial charge in [0, 0.05) is 88.3 Å². The van der Waals surface area contributed by atoms with Crippen LogP contribution in [-0.4, -0.2) is 116 Å². The zero-order valence-electron chi connectivity index (χ0n) is 28.0. The SMILES string of the molecule is COCCCN(C)C1CCN(c2cc(F)c(-c3cnc(N4CCOCC4)nc3)cc2NC(=O)c2c[nH]c(=O)cc2C(F)(F)F)C1.O=C(O)C(F)(F)F. The van der Waals surface area contributed by atoms with Crippen LogP contribution in [0.25, 0.3) is 11.1 Å². The fourth-order valence-electron chi connectivity index (χ4n) is 5.58. The van der Waals surface area contributed by atoms with Crippen LogP contribution >= 0.6 is 0 Å². The molecule has 0 bridgehead atoms. The van der Waals surface area contributed by atoms with Crippen LogP contribution < -0.4 is 20.7 Å². The molecule has 3 aromatic rings. The number of anilines is 3. The van der Waals surface area contributed by atoms with Crippen molar-refractivity contribution in [1.82, 2.24) is 19.9 Å². The summed E-state index contributed by atoms with van der Waals surface area (Å²) in [6, 6.07) is 3.12. The number of methoxy groups -OCH3 is 1. The number of pyridine rings is 1. The molecule has 2 aliphatic rings. The third kappa shape index (κ3) is 10.4. The number of aromatic amines is 1. The van der Waals surface area contributed by atoms with Gasteiger partial charge in [-0.05, 0) is 32.0 Å². The largest absolute Gasteiger partial charge is 0.490 e. The van der Waals surface area contributed by atoms with Gasteiger partial charge in [0.15, 0.2) is 0 Å². The van der Waals surface area contributed by atoms with Crippen LogP contribution in [0.3, 0.4) is 0 Å². The van der Waals surface area contributed by atoms with Gasteiger partial charge in [0.05, 0.1) is 35.7 Å². The maximum atomic E-state index is 15.8. The van der Waals surface area contributed by atoms with Crippen LogP contribution in [0.4, 0.5) is 48.1 Å². The van der Waals surface area contributed by atoms with Gasteiger partial charge in [0.25, 0.3) is 5.91 Å². The topological polar surface area (TPSA) is 153 Å². The van der Waals surface area contributed by atoms with Crippen LogP contribution in [-0.2, 0) is 20.4 Å². The van der Waals surface area contributed by atoms with Crippen molar-refractivity contribution in [2.75, 3.05) is 81.8 Å². The molecule has 52 heavy (non-hydrogen) atoms. The molecule has 4 heterocycles. The van der Waals surface area contributed by atoms with E-state index in [9.17, 15) is 35.9 Å². The molecule has 1 unspecified atom stereocenters. The summed E-state index contributed by atoms with van der Waals surface area (Å²) in [6.07, 6.45) is -4.79. The minimum Gasteiger partial charge on any atom is -0.475 e. The van der Waals surface area contributed by atoms with Gasteiger partial charge in [-0.1, -0.05) is 0 Å². The average Bonchev–Trinajstić information content (AvgIpc) is 3.59. The van der Waals surface area contributed by atoms with E-state index in [0.29, 0.717) is 69.3 Å². The lowest BCUT2D eigenvalue weighted by atomic mass is 10.0. The molecule has 2 aliphatic heterocycles. The molecular weight excluding hydrogens is 711 g/mol. The number of carboxylic acids is 1. The smallest absolute Gasteiger partial charge is 0.475 e. The number of alkyl halides is 6. The summed E-state index contributed by atoms with van der Waals surface area (Å²) in [7, 11) is 3.63. The monoisotopic (exact) mass is 747 g/mol. The van der Waals surface area contributed by atoms with Gasteiger partial charge >= 0.3 is 18.3 Å². The first-order chi connectivity index (χ1) is 24.5. The molecule has 2 fully saturated rings. The molecule has 2 saturated heterocycles. The number of hydrogen-bond donors (Lipinski definition) is 3. The number of carbonyl (C=O) groups excluding carboxylic acids is 1. The van der Waals surface area contributed by atoms with E-state index >= 15 is 4.39 Å². The molecule has 20 heteroatoms. The van der Waals surface area contributed by atoms with Gasteiger partial charge in [-0.2, -0.15) is 26.3 Å². The number of hydrogen-bond acceptors (Lipinski definition) is 10. The number of likely N-dealkylation sites (N-methyl/N-ethyl adjacent to an activating group) is 1. The molecule has 0 saturated carbocycles. The Morgan fingerprint density at radius 1 is 1.08 bits per heavy atom. The fraction of sp³-hybridized carbons (Fsp3) is 0.469. The number of aliphatic carboxylic acids is 1. The fourth-order valence-corrected chi connectivity index (χ4v) is 5.58. The van der Waals surface area contributed by atoms with Crippen molar-refractivity contribution >= 4 is 29.2 Å². The van der Waals surface area contributed by atoms with Crippen LogP contribution in [0.15, 0.2) is 41.6 Å². The van der Waals surface area contributed by atoms with Gasteiger partial charge in [0.2, 0.25) is 11.5 Å². The van der Waals surface area contributed by atoms with Crippen molar-refractivity contribution in [3.8, 4) is 11.1 Å². The first kappa shape index (κ1) is 40.0. The third-order valence-electron chi connectivity index (χ3n) is 8.28. The number of aromatic nitrogens is 3. The number of carbonyl (C=O) groups is 2. The summed E-state index contributed by atoms with van der Waals surface area (Å²) in [5.41, 5.74) is -2.33. The molecule has 5 rings (SSSR count). The van der Waals surface area contributed by atoms with Crippen molar-refractivity contribution in [3.05, 3.63) is 64.1 Å². The molecule has 2 aromatic heterocycles. The van der Waals surface area contributed by atoms with E-state index in [1.165, 1.54) is 24.5 Å². The highest BCUT2D eigenvalue weighted by Gasteiger charge is 2.38. The number of carboxylic acid groups (broad SMARTS) is 1. The molecule has 3 N–H and O–H groups in total. The van der Waals surface area contributed by atoms with Crippen molar-refractivity contribution in [2.45, 2.75) is 31.2 Å². The first-order valence-corrected chi connectivity index (χ1v) is 15.8. The minimum atomic E-state index is -5.08. The highest BCUT2D eigenvalue weighted by Crippen LogP contribution is 2.37. The zero-order valence-corrected chi connectivity index (χ0v) is 28.0. The summed E-state index contributed by atoms with van der Waals surface area (Å²) in [5.74, 6) is -4.01. The molecule has 1 amide bonds. The van der Waals surface area contributed by atoms with Gasteiger partial charge < -0.3 is 39.6 Å². The van der Waals surface area contributed by atoms with Crippen molar-refractivity contribution in [1.29, 1.82) is 0 Å². The maximum Gasteiger partial charge on any atom is 0.490 e. The van der Waals surface area contributed by atoms with E-state index in [1.807, 2.05) is 16.8 Å². The summed E-state index contributed by atoms with van der Waals surface area (Å²) in [4.78, 5) is 50.8. The molecule has 1 aromatic carbocycles. The van der Waals surface area contributed by atoms with E-state index in [-0.39, 0.29) is 17.3 Å². The number of halogens is 7. The molecule has 1 atom stereocenters. The Balaban J connectivity index is 0.000000785. The Kier molecular flexibility index (Phi) is 13.2. The van der Waals surface area contributed by atoms with Crippen molar-refractivity contribution in [3.63, 3.8) is 0 Å². The number of nitrogens with zero attached hydrogens (tertiary/aromatic N) is 5. The summed E-state index contributed by atoms with van der Waals surface area (Å²) >= 11 is 0. The molecule has 0 aliphatic carbocycles. The number of amides is 1. The van der Waals surface area contributed by atoms with Crippen molar-refractivity contribution < 1.29 is 54.9 Å². The lowest BCUT2D eigenvalue weighted by Gasteiger charge is -2.27. The molecule has 0 spiro atoms. The van der Waals surface area contributed by atoms with Gasteiger partial charge in [0.1, 0.15) is 5.82 Å². The Morgan fingerprint density at radius 2 is 1.73 bits per heavy atom. The van der Waals surface area contributed by atoms with Crippen LogP contribution in [0.5, 0.6) is 0 Å². The minimum absolute atomic E-state index is 0.0625. The lowest BCUT2D eigenvalue weighted by Crippen LogP contribution is -2.37. The Hall–Kier alpha value is -4.82.